The second-order valence-electron chi connectivity index (χ2n) is 7.36. The third-order valence-corrected chi connectivity index (χ3v) is 5.19. The third kappa shape index (κ3) is 7.66. The van der Waals surface area contributed by atoms with E-state index in [1.807, 2.05) is 31.2 Å². The summed E-state index contributed by atoms with van der Waals surface area (Å²) in [5.41, 5.74) is 0. The van der Waals surface area contributed by atoms with E-state index < -0.39 is 0 Å². The molecule has 0 amide bonds. The molecule has 2 atom stereocenters. The van der Waals surface area contributed by atoms with Gasteiger partial charge in [-0.1, -0.05) is 11.6 Å². The Kier molecular flexibility index (Phi) is 9.45. The van der Waals surface area contributed by atoms with Gasteiger partial charge in [0.2, 0.25) is 0 Å². The lowest BCUT2D eigenvalue weighted by atomic mass is 10.1. The van der Waals surface area contributed by atoms with E-state index in [1.54, 1.807) is 0 Å². The van der Waals surface area contributed by atoms with Crippen molar-refractivity contribution in [2.75, 3.05) is 32.7 Å². The van der Waals surface area contributed by atoms with Crippen molar-refractivity contribution in [1.82, 2.24) is 15.5 Å². The van der Waals surface area contributed by atoms with E-state index in [4.69, 9.17) is 16.3 Å². The highest BCUT2D eigenvalue weighted by Gasteiger charge is 2.34. The van der Waals surface area contributed by atoms with E-state index in [1.165, 1.54) is 32.4 Å². The summed E-state index contributed by atoms with van der Waals surface area (Å²) in [6.07, 6.45) is 4.09. The molecular weight excluding hydrogens is 475 g/mol. The van der Waals surface area contributed by atoms with Crippen molar-refractivity contribution in [2.24, 2.45) is 10.9 Å². The fourth-order valence-corrected chi connectivity index (χ4v) is 3.51. The van der Waals surface area contributed by atoms with Crippen molar-refractivity contribution in [1.29, 1.82) is 0 Å². The van der Waals surface area contributed by atoms with Crippen molar-refractivity contribution >= 4 is 41.5 Å². The lowest BCUT2D eigenvalue weighted by Crippen LogP contribution is -2.41. The van der Waals surface area contributed by atoms with Crippen LogP contribution in [0, 0.1) is 5.92 Å². The van der Waals surface area contributed by atoms with Crippen LogP contribution < -0.4 is 15.4 Å². The number of halogens is 2. The number of likely N-dealkylation sites (tertiary alicyclic amines) is 1. The van der Waals surface area contributed by atoms with Gasteiger partial charge >= 0.3 is 0 Å². The van der Waals surface area contributed by atoms with Gasteiger partial charge in [0.1, 0.15) is 11.9 Å². The van der Waals surface area contributed by atoms with Gasteiger partial charge in [0.05, 0.1) is 6.54 Å². The van der Waals surface area contributed by atoms with Crippen LogP contribution in [0.1, 0.15) is 33.1 Å². The zero-order valence-corrected chi connectivity index (χ0v) is 19.4. The van der Waals surface area contributed by atoms with Crippen molar-refractivity contribution in [2.45, 2.75) is 45.3 Å². The Morgan fingerprint density at radius 2 is 2.00 bits per heavy atom. The Labute approximate surface area is 185 Å². The van der Waals surface area contributed by atoms with E-state index >= 15 is 0 Å². The summed E-state index contributed by atoms with van der Waals surface area (Å²) in [7, 11) is 0. The predicted octanol–water partition coefficient (Wildman–Crippen LogP) is 3.76. The molecule has 0 aromatic heterocycles. The average Bonchev–Trinajstić information content (AvgIpc) is 3.38. The van der Waals surface area contributed by atoms with Crippen molar-refractivity contribution in [3.05, 3.63) is 29.3 Å². The first-order valence-corrected chi connectivity index (χ1v) is 10.2. The summed E-state index contributed by atoms with van der Waals surface area (Å²) in [5.74, 6) is 2.42. The molecule has 27 heavy (non-hydrogen) atoms. The van der Waals surface area contributed by atoms with Gasteiger partial charge in [-0.05, 0) is 69.8 Å². The number of nitrogens with zero attached hydrogens (tertiary/aromatic N) is 2. The van der Waals surface area contributed by atoms with Crippen LogP contribution in [0.15, 0.2) is 29.3 Å². The van der Waals surface area contributed by atoms with Gasteiger partial charge in [0.15, 0.2) is 5.96 Å². The van der Waals surface area contributed by atoms with Crippen LogP contribution in [-0.2, 0) is 0 Å². The number of benzene rings is 1. The molecule has 0 spiro atoms. The molecule has 1 aromatic rings. The first kappa shape index (κ1) is 22.6. The van der Waals surface area contributed by atoms with Gasteiger partial charge < -0.3 is 20.3 Å². The molecule has 0 bridgehead atoms. The fourth-order valence-electron chi connectivity index (χ4n) is 3.39. The summed E-state index contributed by atoms with van der Waals surface area (Å²) in [4.78, 5) is 7.34. The summed E-state index contributed by atoms with van der Waals surface area (Å²) in [5, 5.41) is 7.56. The molecule has 2 aliphatic rings. The highest BCUT2D eigenvalue weighted by atomic mass is 127. The quantitative estimate of drug-likeness (QED) is 0.320. The number of nitrogens with one attached hydrogen (secondary N) is 2. The molecule has 0 radical (unpaired) electrons. The van der Waals surface area contributed by atoms with E-state index in [2.05, 4.69) is 27.4 Å². The minimum atomic E-state index is 0. The number of rotatable bonds is 8. The molecule has 2 unspecified atom stereocenters. The Balaban J connectivity index is 0.00000261. The Morgan fingerprint density at radius 3 is 2.67 bits per heavy atom. The van der Waals surface area contributed by atoms with Crippen molar-refractivity contribution in [3.63, 3.8) is 0 Å². The van der Waals surface area contributed by atoms with Crippen molar-refractivity contribution in [3.8, 4) is 5.75 Å². The topological polar surface area (TPSA) is 48.9 Å². The lowest BCUT2D eigenvalue weighted by Gasteiger charge is -2.18. The average molecular weight is 507 g/mol. The standard InChI is InChI=1S/C20H31ClN4O.HI/c1-3-22-20(24-13-16-10-11-25(14-16)18-6-7-18)23-12-15(2)26-19-8-4-17(21)5-9-19;/h4-5,8-9,15-16,18H,3,6-7,10-14H2,1-2H3,(H2,22,23,24);1H. The van der Waals surface area contributed by atoms with Crippen LogP contribution in [0.2, 0.25) is 5.02 Å². The Bertz CT molecular complexity index is 594. The lowest BCUT2D eigenvalue weighted by molar-refractivity contribution is 0.230. The Morgan fingerprint density at radius 1 is 1.26 bits per heavy atom. The van der Waals surface area contributed by atoms with Gasteiger partial charge in [-0.25, -0.2) is 4.99 Å². The molecule has 2 N–H and O–H groups in total. The van der Waals surface area contributed by atoms with Crippen molar-refractivity contribution < 1.29 is 4.74 Å². The molecule has 1 saturated carbocycles. The highest BCUT2D eigenvalue weighted by molar-refractivity contribution is 14.0. The minimum absolute atomic E-state index is 0. The Hall–Kier alpha value is -0.730. The first-order valence-electron chi connectivity index (χ1n) is 9.82. The highest BCUT2D eigenvalue weighted by Crippen LogP contribution is 2.31. The number of hydrogen-bond acceptors (Lipinski definition) is 3. The van der Waals surface area contributed by atoms with Gasteiger partial charge in [-0.3, -0.25) is 0 Å². The van der Waals surface area contributed by atoms with Crippen LogP contribution in [0.5, 0.6) is 5.75 Å². The SMILES string of the molecule is CCNC(=NCC(C)Oc1ccc(Cl)cc1)NCC1CCN(C2CC2)C1.I. The predicted molar refractivity (Wildman–Crippen MR) is 124 cm³/mol. The van der Waals surface area contributed by atoms with Crippen LogP contribution in [0.4, 0.5) is 0 Å². The molecule has 1 aromatic carbocycles. The van der Waals surface area contributed by atoms with Crippen LogP contribution in [-0.4, -0.2) is 55.7 Å². The van der Waals surface area contributed by atoms with E-state index in [9.17, 15) is 0 Å². The normalized spacial score (nSPS) is 21.4. The van der Waals surface area contributed by atoms with Gasteiger partial charge in [0.25, 0.3) is 0 Å². The maximum atomic E-state index is 5.91. The molecular formula is C20H32ClIN4O. The molecule has 1 aliphatic heterocycles. The number of ether oxygens (including phenoxy) is 1. The molecule has 2 fully saturated rings. The van der Waals surface area contributed by atoms with Crippen LogP contribution in [0.3, 0.4) is 0 Å². The first-order chi connectivity index (χ1) is 12.6. The number of hydrogen-bond donors (Lipinski definition) is 2. The zero-order valence-electron chi connectivity index (χ0n) is 16.3. The zero-order chi connectivity index (χ0) is 18.4. The smallest absolute Gasteiger partial charge is 0.191 e. The van der Waals surface area contributed by atoms with Gasteiger partial charge in [-0.2, -0.15) is 0 Å². The maximum Gasteiger partial charge on any atom is 0.191 e. The largest absolute Gasteiger partial charge is 0.489 e. The van der Waals surface area contributed by atoms with Crippen LogP contribution in [0.25, 0.3) is 0 Å². The summed E-state index contributed by atoms with van der Waals surface area (Å²) in [6, 6.07) is 8.33. The molecule has 3 rings (SSSR count). The number of guanidine groups is 1. The van der Waals surface area contributed by atoms with Gasteiger partial charge in [-0.15, -0.1) is 24.0 Å². The molecule has 1 saturated heterocycles. The van der Waals surface area contributed by atoms with E-state index in [0.29, 0.717) is 11.6 Å². The number of aliphatic imine (C=N–C) groups is 1. The maximum absolute atomic E-state index is 5.91. The van der Waals surface area contributed by atoms with E-state index in [-0.39, 0.29) is 30.1 Å². The summed E-state index contributed by atoms with van der Waals surface area (Å²) < 4.78 is 5.90. The summed E-state index contributed by atoms with van der Waals surface area (Å²) >= 11 is 5.91. The summed E-state index contributed by atoms with van der Waals surface area (Å²) in [6.45, 7) is 9.07. The molecule has 1 aliphatic carbocycles. The fraction of sp³-hybridized carbons (Fsp3) is 0.650. The monoisotopic (exact) mass is 506 g/mol. The second kappa shape index (κ2) is 11.3. The molecule has 1 heterocycles. The second-order valence-corrected chi connectivity index (χ2v) is 7.80. The van der Waals surface area contributed by atoms with Crippen LogP contribution >= 0.6 is 35.6 Å². The molecule has 7 heteroatoms. The van der Waals surface area contributed by atoms with E-state index in [0.717, 1.165) is 36.8 Å². The third-order valence-electron chi connectivity index (χ3n) is 4.94. The minimum Gasteiger partial charge on any atom is -0.489 e. The molecule has 5 nitrogen and oxygen atoms in total. The molecule has 152 valence electrons. The van der Waals surface area contributed by atoms with Gasteiger partial charge in [0, 0.05) is 30.7 Å².